The van der Waals surface area contributed by atoms with Gasteiger partial charge in [-0.15, -0.1) is 11.3 Å². The molecule has 5 heteroatoms. The molecule has 0 amide bonds. The van der Waals surface area contributed by atoms with Crippen LogP contribution >= 0.6 is 11.3 Å². The van der Waals surface area contributed by atoms with Crippen molar-refractivity contribution in [3.05, 3.63) is 181 Å². The summed E-state index contributed by atoms with van der Waals surface area (Å²) in [6.45, 7) is 0. The van der Waals surface area contributed by atoms with Crippen molar-refractivity contribution in [1.82, 2.24) is 19.5 Å². The molecule has 0 saturated heterocycles. The smallest absolute Gasteiger partial charge is 0.164 e. The Balaban J connectivity index is 1.14. The Bertz CT molecular complexity index is 3150. The summed E-state index contributed by atoms with van der Waals surface area (Å²) < 4.78 is 5.10. The number of thiophene rings is 1. The Hall–Kier alpha value is -7.13. The Morgan fingerprint density at radius 1 is 0.596 bits per heavy atom. The van der Waals surface area contributed by atoms with Crippen molar-refractivity contribution in [3.63, 3.8) is 0 Å². The van der Waals surface area contributed by atoms with E-state index >= 15 is 0 Å². The first-order chi connectivity index (χ1) is 28.3. The Morgan fingerprint density at radius 3 is 2.09 bits per heavy atom. The summed E-state index contributed by atoms with van der Waals surface area (Å²) in [7, 11) is 0. The van der Waals surface area contributed by atoms with Crippen LogP contribution in [0, 0.1) is 11.8 Å². The minimum Gasteiger partial charge on any atom is -0.311 e. The summed E-state index contributed by atoms with van der Waals surface area (Å²) >= 11 is 1.87. The third-order valence-electron chi connectivity index (χ3n) is 11.1. The van der Waals surface area contributed by atoms with Gasteiger partial charge in [0.05, 0.1) is 17.6 Å². The van der Waals surface area contributed by atoms with Crippen LogP contribution in [0.25, 0.3) is 93.7 Å². The molecule has 0 fully saturated rings. The maximum absolute atomic E-state index is 5.11. The molecule has 6 aromatic carbocycles. The van der Waals surface area contributed by atoms with E-state index in [1.807, 2.05) is 53.8 Å². The van der Waals surface area contributed by atoms with Gasteiger partial charge in [0.2, 0.25) is 0 Å². The molecule has 2 aliphatic rings. The number of rotatable bonds is 6. The van der Waals surface area contributed by atoms with Crippen molar-refractivity contribution in [3.8, 4) is 62.8 Å². The molecular weight excluding hydrogens is 713 g/mol. The number of benzene rings is 6. The fourth-order valence-corrected chi connectivity index (χ4v) is 9.59. The number of allylic oxidation sites excluding steroid dienone is 5. The molecule has 0 atom stereocenters. The van der Waals surface area contributed by atoms with Gasteiger partial charge < -0.3 is 4.57 Å². The van der Waals surface area contributed by atoms with E-state index in [1.54, 1.807) is 0 Å². The standard InChI is InChI=1S/C52H34N4S/c1-5-16-34(17-6-1)44-32-38(52-54-50(35-18-7-2-8-19-35)53-51(55-52)36-20-9-3-10-21-36)29-31-46(44)56-45-26-12-4-11-22-40(45)41-30-28-37(33-47(41)56)39-24-15-25-43-42-23-13-14-27-48(42)57-49(39)43/h1-3,5,7-11,13-16,18-25,27-33H,6,17,26H2. The van der Waals surface area contributed by atoms with Gasteiger partial charge in [0.25, 0.3) is 0 Å². The first kappa shape index (κ1) is 33.2. The average Bonchev–Trinajstić information content (AvgIpc) is 3.71. The predicted molar refractivity (Wildman–Crippen MR) is 238 cm³/mol. The first-order valence-corrected chi connectivity index (χ1v) is 20.2. The van der Waals surface area contributed by atoms with E-state index in [2.05, 4.69) is 144 Å². The highest BCUT2D eigenvalue weighted by atomic mass is 32.1. The van der Waals surface area contributed by atoms with Crippen LogP contribution in [0.15, 0.2) is 164 Å². The van der Waals surface area contributed by atoms with Crippen LogP contribution in [-0.4, -0.2) is 19.5 Å². The van der Waals surface area contributed by atoms with Crippen molar-refractivity contribution in [2.75, 3.05) is 0 Å². The summed E-state index contributed by atoms with van der Waals surface area (Å²) in [5, 5.41) is 3.82. The van der Waals surface area contributed by atoms with Gasteiger partial charge in [0.15, 0.2) is 17.5 Å². The van der Waals surface area contributed by atoms with Crippen LogP contribution < -0.4 is 0 Å². The van der Waals surface area contributed by atoms with Crippen molar-refractivity contribution < 1.29 is 0 Å². The Labute approximate surface area is 334 Å². The molecule has 4 nitrogen and oxygen atoms in total. The molecule has 3 aromatic heterocycles. The van der Waals surface area contributed by atoms with Gasteiger partial charge in [-0.25, -0.2) is 15.0 Å². The minimum atomic E-state index is 0.645. The van der Waals surface area contributed by atoms with Crippen molar-refractivity contribution in [2.45, 2.75) is 19.3 Å². The zero-order chi connectivity index (χ0) is 37.7. The summed E-state index contributed by atoms with van der Waals surface area (Å²) in [6.07, 6.45) is 13.5. The lowest BCUT2D eigenvalue weighted by molar-refractivity contribution is 0.995. The second kappa shape index (κ2) is 13.9. The molecular formula is C52H34N4S. The van der Waals surface area contributed by atoms with Gasteiger partial charge in [-0.05, 0) is 72.0 Å². The maximum Gasteiger partial charge on any atom is 0.164 e. The minimum absolute atomic E-state index is 0.645. The van der Waals surface area contributed by atoms with E-state index in [4.69, 9.17) is 15.0 Å². The summed E-state index contributed by atoms with van der Waals surface area (Å²) in [5.74, 6) is 8.63. The molecule has 57 heavy (non-hydrogen) atoms. The van der Waals surface area contributed by atoms with Crippen LogP contribution in [0.4, 0.5) is 0 Å². The van der Waals surface area contributed by atoms with E-state index < -0.39 is 0 Å². The summed E-state index contributed by atoms with van der Waals surface area (Å²) in [6, 6.07) is 49.5. The molecule has 268 valence electrons. The van der Waals surface area contributed by atoms with Crippen molar-refractivity contribution >= 4 is 54.1 Å². The van der Waals surface area contributed by atoms with E-state index in [0.29, 0.717) is 23.9 Å². The fourth-order valence-electron chi connectivity index (χ4n) is 8.35. The largest absolute Gasteiger partial charge is 0.311 e. The first-order valence-electron chi connectivity index (χ1n) is 19.4. The predicted octanol–water partition coefficient (Wildman–Crippen LogP) is 13.2. The maximum atomic E-state index is 5.11. The zero-order valence-corrected chi connectivity index (χ0v) is 31.8. The molecule has 0 unspecified atom stereocenters. The lowest BCUT2D eigenvalue weighted by atomic mass is 9.94. The van der Waals surface area contributed by atoms with Crippen LogP contribution in [0.1, 0.15) is 29.7 Å². The molecule has 3 heterocycles. The van der Waals surface area contributed by atoms with Gasteiger partial charge in [-0.2, -0.15) is 0 Å². The monoisotopic (exact) mass is 746 g/mol. The lowest BCUT2D eigenvalue weighted by Crippen LogP contribution is -2.06. The van der Waals surface area contributed by atoms with Gasteiger partial charge in [0, 0.05) is 59.1 Å². The molecule has 9 aromatic rings. The van der Waals surface area contributed by atoms with Crippen LogP contribution in [0.5, 0.6) is 0 Å². The molecule has 0 N–H and O–H groups in total. The quantitative estimate of drug-likeness (QED) is 0.159. The molecule has 0 radical (unpaired) electrons. The highest BCUT2D eigenvalue weighted by Crippen LogP contribution is 2.43. The van der Waals surface area contributed by atoms with Crippen LogP contribution in [-0.2, 0) is 6.42 Å². The van der Waals surface area contributed by atoms with E-state index in [9.17, 15) is 0 Å². The highest BCUT2D eigenvalue weighted by molar-refractivity contribution is 7.26. The third-order valence-corrected chi connectivity index (χ3v) is 12.3. The summed E-state index contributed by atoms with van der Waals surface area (Å²) in [4.78, 5) is 15.2. The molecule has 2 aliphatic carbocycles. The van der Waals surface area contributed by atoms with E-state index in [1.165, 1.54) is 59.0 Å². The van der Waals surface area contributed by atoms with Gasteiger partial charge in [0.1, 0.15) is 0 Å². The zero-order valence-electron chi connectivity index (χ0n) is 31.0. The number of nitrogens with zero attached hydrogens (tertiary/aromatic N) is 4. The SMILES string of the molecule is C1#CCc2c(c3ccc(-c4cccc5c4sc4ccccc45)cc3n2-c2ccc(-c3nc(-c4ccccc4)nc(-c4ccccc4)n3)cc2C2=CC=CCC2)C=C1. The third kappa shape index (κ3) is 5.82. The van der Waals surface area contributed by atoms with Gasteiger partial charge in [-0.1, -0.05) is 139 Å². The molecule has 0 spiro atoms. The molecule has 0 bridgehead atoms. The number of hydrogen-bond acceptors (Lipinski definition) is 4. The van der Waals surface area contributed by atoms with Gasteiger partial charge >= 0.3 is 0 Å². The Kier molecular flexibility index (Phi) is 8.08. The average molecular weight is 747 g/mol. The molecule has 0 aliphatic heterocycles. The van der Waals surface area contributed by atoms with E-state index in [0.717, 1.165) is 40.8 Å². The number of aromatic nitrogens is 4. The normalized spacial score (nSPS) is 13.4. The van der Waals surface area contributed by atoms with Crippen molar-refractivity contribution in [2.24, 2.45) is 0 Å². The summed E-state index contributed by atoms with van der Waals surface area (Å²) in [5.41, 5.74) is 12.5. The number of hydrogen-bond donors (Lipinski definition) is 0. The van der Waals surface area contributed by atoms with Crippen LogP contribution in [0.2, 0.25) is 0 Å². The van der Waals surface area contributed by atoms with E-state index in [-0.39, 0.29) is 0 Å². The molecule has 11 rings (SSSR count). The van der Waals surface area contributed by atoms with Gasteiger partial charge in [-0.3, -0.25) is 0 Å². The number of fused-ring (bicyclic) bond motifs is 6. The second-order valence-electron chi connectivity index (χ2n) is 14.5. The highest BCUT2D eigenvalue weighted by Gasteiger charge is 2.23. The topological polar surface area (TPSA) is 43.6 Å². The van der Waals surface area contributed by atoms with Crippen LogP contribution in [0.3, 0.4) is 0 Å². The Morgan fingerprint density at radius 2 is 1.32 bits per heavy atom. The molecule has 0 saturated carbocycles. The van der Waals surface area contributed by atoms with Crippen molar-refractivity contribution in [1.29, 1.82) is 0 Å². The second-order valence-corrected chi connectivity index (χ2v) is 15.5. The fraction of sp³-hybridized carbons (Fsp3) is 0.0577. The lowest BCUT2D eigenvalue weighted by Gasteiger charge is -2.20.